The molecule has 0 saturated heterocycles. The minimum Gasteiger partial charge on any atom is -0.478 e. The van der Waals surface area contributed by atoms with Crippen LogP contribution < -0.4 is 10.2 Å². The summed E-state index contributed by atoms with van der Waals surface area (Å²) in [7, 11) is 1.56. The van der Waals surface area contributed by atoms with E-state index >= 15 is 0 Å². The van der Waals surface area contributed by atoms with E-state index < -0.39 is 5.97 Å². The Morgan fingerprint density at radius 3 is 2.56 bits per heavy atom. The quantitative estimate of drug-likeness (QED) is 0.861. The van der Waals surface area contributed by atoms with Gasteiger partial charge in [0.2, 0.25) is 0 Å². The maximum Gasteiger partial charge on any atom is 0.337 e. The summed E-state index contributed by atoms with van der Waals surface area (Å²) in [4.78, 5) is 24.3. The predicted molar refractivity (Wildman–Crippen MR) is 70.1 cm³/mol. The van der Waals surface area contributed by atoms with Crippen LogP contribution >= 0.6 is 0 Å². The number of rotatable bonds is 4. The lowest BCUT2D eigenvalue weighted by atomic mass is 10.1. The number of nitrogens with zero attached hydrogens (tertiary/aromatic N) is 1. The van der Waals surface area contributed by atoms with Gasteiger partial charge >= 0.3 is 12.0 Å². The zero-order chi connectivity index (χ0) is 13.7. The molecule has 0 heterocycles. The molecule has 2 N–H and O–H groups in total. The van der Waals surface area contributed by atoms with E-state index in [2.05, 4.69) is 5.32 Å². The van der Waals surface area contributed by atoms with Crippen molar-refractivity contribution in [2.75, 3.05) is 11.9 Å². The van der Waals surface area contributed by atoms with Crippen LogP contribution in [0, 0.1) is 0 Å². The van der Waals surface area contributed by atoms with Crippen molar-refractivity contribution >= 4 is 17.7 Å². The van der Waals surface area contributed by atoms with Crippen molar-refractivity contribution in [2.45, 2.75) is 26.3 Å². The number of hydrogen-bond acceptors (Lipinski definition) is 2. The van der Waals surface area contributed by atoms with Crippen LogP contribution in [0.4, 0.5) is 10.5 Å². The van der Waals surface area contributed by atoms with Gasteiger partial charge in [-0.05, 0) is 25.5 Å². The molecule has 1 aromatic carbocycles. The van der Waals surface area contributed by atoms with Crippen LogP contribution in [0.25, 0.3) is 0 Å². The van der Waals surface area contributed by atoms with Crippen LogP contribution in [0.2, 0.25) is 0 Å². The summed E-state index contributed by atoms with van der Waals surface area (Å²) in [6, 6.07) is 6.17. The van der Waals surface area contributed by atoms with Gasteiger partial charge in [-0.2, -0.15) is 0 Å². The second kappa shape index (κ2) is 6.05. The highest BCUT2D eigenvalue weighted by Gasteiger charge is 2.18. The first-order valence-corrected chi connectivity index (χ1v) is 5.84. The molecule has 0 aliphatic heterocycles. The molecule has 18 heavy (non-hydrogen) atoms. The standard InChI is InChI=1S/C13H18N2O3/c1-4-9(2)14-13(18)15(3)11-8-6-5-7-10(11)12(16)17/h5-9H,4H2,1-3H3,(H,14,18)(H,16,17). The highest BCUT2D eigenvalue weighted by atomic mass is 16.4. The van der Waals surface area contributed by atoms with E-state index in [0.29, 0.717) is 5.69 Å². The zero-order valence-corrected chi connectivity index (χ0v) is 10.8. The molecule has 0 spiro atoms. The molecule has 2 amide bonds. The number of hydrogen-bond donors (Lipinski definition) is 2. The monoisotopic (exact) mass is 250 g/mol. The largest absolute Gasteiger partial charge is 0.478 e. The molecule has 0 aliphatic rings. The minimum absolute atomic E-state index is 0.0527. The Labute approximate surface area is 106 Å². The van der Waals surface area contributed by atoms with Crippen molar-refractivity contribution < 1.29 is 14.7 Å². The Morgan fingerprint density at radius 1 is 1.39 bits per heavy atom. The second-order valence-corrected chi connectivity index (χ2v) is 4.14. The maximum absolute atomic E-state index is 11.9. The number of amides is 2. The predicted octanol–water partition coefficient (Wildman–Crippen LogP) is 2.33. The van der Waals surface area contributed by atoms with E-state index in [0.717, 1.165) is 6.42 Å². The molecule has 0 aromatic heterocycles. The topological polar surface area (TPSA) is 69.6 Å². The zero-order valence-electron chi connectivity index (χ0n) is 10.8. The smallest absolute Gasteiger partial charge is 0.337 e. The van der Waals surface area contributed by atoms with Crippen molar-refractivity contribution in [2.24, 2.45) is 0 Å². The van der Waals surface area contributed by atoms with Gasteiger partial charge in [-0.15, -0.1) is 0 Å². The number of carbonyl (C=O) groups excluding carboxylic acids is 1. The van der Waals surface area contributed by atoms with Gasteiger partial charge < -0.3 is 10.4 Å². The van der Waals surface area contributed by atoms with Crippen molar-refractivity contribution in [3.05, 3.63) is 29.8 Å². The summed E-state index contributed by atoms with van der Waals surface area (Å²) in [5, 5.41) is 11.9. The first-order valence-electron chi connectivity index (χ1n) is 5.84. The fraction of sp³-hybridized carbons (Fsp3) is 0.385. The van der Waals surface area contributed by atoms with Crippen molar-refractivity contribution in [1.82, 2.24) is 5.32 Å². The fourth-order valence-corrected chi connectivity index (χ4v) is 1.47. The number of nitrogens with one attached hydrogen (secondary N) is 1. The second-order valence-electron chi connectivity index (χ2n) is 4.14. The van der Waals surface area contributed by atoms with Gasteiger partial charge in [0.1, 0.15) is 0 Å². The lowest BCUT2D eigenvalue weighted by molar-refractivity contribution is 0.0697. The van der Waals surface area contributed by atoms with Crippen molar-refractivity contribution in [1.29, 1.82) is 0 Å². The van der Waals surface area contributed by atoms with Gasteiger partial charge in [0.15, 0.2) is 0 Å². The molecule has 98 valence electrons. The molecule has 1 unspecified atom stereocenters. The average molecular weight is 250 g/mol. The molecule has 1 rings (SSSR count). The minimum atomic E-state index is -1.05. The van der Waals surface area contributed by atoms with Gasteiger partial charge in [-0.25, -0.2) is 9.59 Å². The summed E-state index contributed by atoms with van der Waals surface area (Å²) in [5.74, 6) is -1.05. The molecule has 5 heteroatoms. The molecule has 1 aromatic rings. The van der Waals surface area contributed by atoms with Crippen LogP contribution in [0.5, 0.6) is 0 Å². The molecule has 1 atom stereocenters. The summed E-state index contributed by atoms with van der Waals surface area (Å²) in [6.07, 6.45) is 0.820. The summed E-state index contributed by atoms with van der Waals surface area (Å²) in [6.45, 7) is 3.87. The van der Waals surface area contributed by atoms with Crippen LogP contribution in [-0.2, 0) is 0 Å². The Balaban J connectivity index is 2.93. The molecule has 0 aliphatic carbocycles. The Bertz CT molecular complexity index is 446. The van der Waals surface area contributed by atoms with E-state index in [4.69, 9.17) is 5.11 Å². The van der Waals surface area contributed by atoms with Gasteiger partial charge in [0, 0.05) is 13.1 Å². The number of para-hydroxylation sites is 1. The molecule has 0 radical (unpaired) electrons. The third-order valence-electron chi connectivity index (χ3n) is 2.78. The summed E-state index contributed by atoms with van der Waals surface area (Å²) >= 11 is 0. The van der Waals surface area contributed by atoms with Crippen LogP contribution in [0.15, 0.2) is 24.3 Å². The molecular formula is C13H18N2O3. The van der Waals surface area contributed by atoms with Gasteiger partial charge in [0.05, 0.1) is 11.3 Å². The third kappa shape index (κ3) is 3.23. The molecule has 0 saturated carbocycles. The lowest BCUT2D eigenvalue weighted by Gasteiger charge is -2.22. The van der Waals surface area contributed by atoms with Gasteiger partial charge in [0.25, 0.3) is 0 Å². The SMILES string of the molecule is CCC(C)NC(=O)N(C)c1ccccc1C(=O)O. The van der Waals surface area contributed by atoms with Crippen LogP contribution in [0.3, 0.4) is 0 Å². The van der Waals surface area contributed by atoms with Crippen LogP contribution in [0.1, 0.15) is 30.6 Å². The first-order chi connectivity index (χ1) is 8.47. The van der Waals surface area contributed by atoms with Gasteiger partial charge in [-0.1, -0.05) is 19.1 Å². The Morgan fingerprint density at radius 2 is 2.00 bits per heavy atom. The molecule has 5 nitrogen and oxygen atoms in total. The molecule has 0 fully saturated rings. The first kappa shape index (κ1) is 14.0. The van der Waals surface area contributed by atoms with E-state index in [-0.39, 0.29) is 17.6 Å². The van der Waals surface area contributed by atoms with E-state index in [1.165, 1.54) is 11.0 Å². The number of benzene rings is 1. The van der Waals surface area contributed by atoms with E-state index in [1.807, 2.05) is 13.8 Å². The maximum atomic E-state index is 11.9. The Hall–Kier alpha value is -2.04. The van der Waals surface area contributed by atoms with Gasteiger partial charge in [-0.3, -0.25) is 4.90 Å². The number of urea groups is 1. The fourth-order valence-electron chi connectivity index (χ4n) is 1.47. The summed E-state index contributed by atoms with van der Waals surface area (Å²) in [5.41, 5.74) is 0.491. The van der Waals surface area contributed by atoms with Crippen molar-refractivity contribution in [3.63, 3.8) is 0 Å². The number of carboxylic acid groups (broad SMARTS) is 1. The number of anilines is 1. The number of carbonyl (C=O) groups is 2. The third-order valence-corrected chi connectivity index (χ3v) is 2.78. The highest BCUT2D eigenvalue weighted by molar-refractivity contribution is 6.01. The van der Waals surface area contributed by atoms with Crippen molar-refractivity contribution in [3.8, 4) is 0 Å². The van der Waals surface area contributed by atoms with E-state index in [1.54, 1.807) is 25.2 Å². The normalized spacial score (nSPS) is 11.7. The lowest BCUT2D eigenvalue weighted by Crippen LogP contribution is -2.42. The summed E-state index contributed by atoms with van der Waals surface area (Å²) < 4.78 is 0. The number of carboxylic acids is 1. The van der Waals surface area contributed by atoms with E-state index in [9.17, 15) is 9.59 Å². The molecule has 0 bridgehead atoms. The molecular weight excluding hydrogens is 232 g/mol. The van der Waals surface area contributed by atoms with Crippen LogP contribution in [-0.4, -0.2) is 30.2 Å². The number of aromatic carboxylic acids is 1. The Kier molecular flexibility index (Phi) is 4.71. The highest BCUT2D eigenvalue weighted by Crippen LogP contribution is 2.19. The average Bonchev–Trinajstić information content (AvgIpc) is 2.37.